The summed E-state index contributed by atoms with van der Waals surface area (Å²) in [6.07, 6.45) is -15.4. The molecule has 1 aliphatic heterocycles. The van der Waals surface area contributed by atoms with Gasteiger partial charge in [0.05, 0.1) is 11.1 Å². The molecule has 24 heavy (non-hydrogen) atoms. The standard InChI is InChI=1S/C14H11F6NO3/c15-13(16,17)12(14(18,19)20)24-7-3-6-21-10(22)8-4-1-2-5-9(8)11(21)23/h1-2,4-5,12H,3,6-7H2. The Morgan fingerprint density at radius 1 is 0.917 bits per heavy atom. The molecule has 0 atom stereocenters. The number of alkyl halides is 6. The first kappa shape index (κ1) is 18.2. The Morgan fingerprint density at radius 3 is 1.79 bits per heavy atom. The van der Waals surface area contributed by atoms with Crippen molar-refractivity contribution in [1.82, 2.24) is 4.90 Å². The van der Waals surface area contributed by atoms with Gasteiger partial charge in [-0.25, -0.2) is 0 Å². The maximum atomic E-state index is 12.3. The highest BCUT2D eigenvalue weighted by molar-refractivity contribution is 6.21. The number of nitrogens with zero attached hydrogens (tertiary/aromatic N) is 1. The zero-order chi connectivity index (χ0) is 18.1. The lowest BCUT2D eigenvalue weighted by Crippen LogP contribution is -2.44. The zero-order valence-electron chi connectivity index (χ0n) is 11.9. The molecular formula is C14H11F6NO3. The van der Waals surface area contributed by atoms with E-state index >= 15 is 0 Å². The SMILES string of the molecule is O=C1c2ccccc2C(=O)N1CCCOC(C(F)(F)F)C(F)(F)F. The number of rotatable bonds is 5. The highest BCUT2D eigenvalue weighted by Gasteiger charge is 2.57. The number of halogens is 6. The van der Waals surface area contributed by atoms with Gasteiger partial charge in [0.2, 0.25) is 6.10 Å². The predicted octanol–water partition coefficient (Wildman–Crippen LogP) is 3.18. The number of hydrogen-bond acceptors (Lipinski definition) is 3. The van der Waals surface area contributed by atoms with Crippen LogP contribution >= 0.6 is 0 Å². The first-order chi connectivity index (χ1) is 11.0. The number of imide groups is 1. The van der Waals surface area contributed by atoms with Crippen molar-refractivity contribution in [3.63, 3.8) is 0 Å². The van der Waals surface area contributed by atoms with Crippen LogP contribution in [0.5, 0.6) is 0 Å². The Bertz CT molecular complexity index is 591. The molecule has 0 aromatic heterocycles. The third kappa shape index (κ3) is 3.69. The molecule has 0 saturated carbocycles. The molecule has 132 valence electrons. The number of carbonyl (C=O) groups is 2. The van der Waals surface area contributed by atoms with Crippen LogP contribution in [0, 0.1) is 0 Å². The molecule has 1 aliphatic rings. The Balaban J connectivity index is 1.92. The molecule has 1 aromatic carbocycles. The van der Waals surface area contributed by atoms with Crippen molar-refractivity contribution in [3.05, 3.63) is 35.4 Å². The van der Waals surface area contributed by atoms with E-state index in [1.807, 2.05) is 0 Å². The average molecular weight is 355 g/mol. The Morgan fingerprint density at radius 2 is 1.38 bits per heavy atom. The average Bonchev–Trinajstić information content (AvgIpc) is 2.69. The van der Waals surface area contributed by atoms with Crippen molar-refractivity contribution in [2.24, 2.45) is 0 Å². The fraction of sp³-hybridized carbons (Fsp3) is 0.429. The van der Waals surface area contributed by atoms with E-state index in [1.165, 1.54) is 24.3 Å². The second kappa shape index (κ2) is 6.42. The minimum atomic E-state index is -5.59. The maximum Gasteiger partial charge on any atom is 0.423 e. The molecule has 0 bridgehead atoms. The second-order valence-electron chi connectivity index (χ2n) is 5.00. The Kier molecular flexibility index (Phi) is 4.88. The van der Waals surface area contributed by atoms with Crippen LogP contribution in [0.4, 0.5) is 26.3 Å². The van der Waals surface area contributed by atoms with Gasteiger partial charge in [-0.15, -0.1) is 0 Å². The van der Waals surface area contributed by atoms with Crippen molar-refractivity contribution in [3.8, 4) is 0 Å². The van der Waals surface area contributed by atoms with E-state index < -0.39 is 36.9 Å². The lowest BCUT2D eigenvalue weighted by Gasteiger charge is -2.23. The monoisotopic (exact) mass is 355 g/mol. The van der Waals surface area contributed by atoms with Gasteiger partial charge in [0.1, 0.15) is 0 Å². The van der Waals surface area contributed by atoms with Crippen LogP contribution in [-0.4, -0.2) is 48.3 Å². The second-order valence-corrected chi connectivity index (χ2v) is 5.00. The van der Waals surface area contributed by atoms with Crippen LogP contribution < -0.4 is 0 Å². The van der Waals surface area contributed by atoms with Crippen LogP contribution in [-0.2, 0) is 4.74 Å². The molecule has 0 unspecified atom stereocenters. The van der Waals surface area contributed by atoms with Crippen LogP contribution in [0.3, 0.4) is 0 Å². The normalized spacial score (nSPS) is 15.4. The van der Waals surface area contributed by atoms with Crippen molar-refractivity contribution in [2.75, 3.05) is 13.2 Å². The molecule has 4 nitrogen and oxygen atoms in total. The molecule has 0 spiro atoms. The summed E-state index contributed by atoms with van der Waals surface area (Å²) in [5.41, 5.74) is 0.291. The van der Waals surface area contributed by atoms with Crippen LogP contribution in [0.25, 0.3) is 0 Å². The molecule has 0 radical (unpaired) electrons. The van der Waals surface area contributed by atoms with Crippen LogP contribution in [0.1, 0.15) is 27.1 Å². The van der Waals surface area contributed by atoms with E-state index in [0.29, 0.717) is 0 Å². The summed E-state index contributed by atoms with van der Waals surface area (Å²) in [6.45, 7) is -1.24. The van der Waals surface area contributed by atoms with Crippen molar-refractivity contribution >= 4 is 11.8 Å². The minimum absolute atomic E-state index is 0.145. The summed E-state index contributed by atoms with van der Waals surface area (Å²) < 4.78 is 77.6. The number of ether oxygens (including phenoxy) is 1. The van der Waals surface area contributed by atoms with Crippen LogP contribution in [0.2, 0.25) is 0 Å². The molecule has 0 fully saturated rings. The first-order valence-corrected chi connectivity index (χ1v) is 6.73. The first-order valence-electron chi connectivity index (χ1n) is 6.73. The number of carbonyl (C=O) groups excluding carboxylic acids is 2. The summed E-state index contributed by atoms with van der Waals surface area (Å²) in [7, 11) is 0. The highest BCUT2D eigenvalue weighted by atomic mass is 19.4. The summed E-state index contributed by atoms with van der Waals surface area (Å²) in [5.74, 6) is -1.28. The third-order valence-corrected chi connectivity index (χ3v) is 3.28. The lowest BCUT2D eigenvalue weighted by atomic mass is 10.1. The zero-order valence-corrected chi connectivity index (χ0v) is 11.9. The van der Waals surface area contributed by atoms with Gasteiger partial charge >= 0.3 is 12.4 Å². The van der Waals surface area contributed by atoms with Gasteiger partial charge in [0, 0.05) is 13.2 Å². The van der Waals surface area contributed by atoms with Crippen LogP contribution in [0.15, 0.2) is 24.3 Å². The molecular weight excluding hydrogens is 344 g/mol. The number of fused-ring (bicyclic) bond motifs is 1. The molecule has 0 aliphatic carbocycles. The molecule has 2 amide bonds. The number of benzene rings is 1. The van der Waals surface area contributed by atoms with Crippen molar-refractivity contribution in [1.29, 1.82) is 0 Å². The largest absolute Gasteiger partial charge is 0.423 e. The summed E-state index contributed by atoms with van der Waals surface area (Å²) >= 11 is 0. The lowest BCUT2D eigenvalue weighted by molar-refractivity contribution is -0.321. The Hall–Kier alpha value is -2.10. The summed E-state index contributed by atoms with van der Waals surface area (Å²) in [5, 5.41) is 0. The van der Waals surface area contributed by atoms with Gasteiger partial charge in [-0.2, -0.15) is 26.3 Å². The fourth-order valence-corrected chi connectivity index (χ4v) is 2.24. The van der Waals surface area contributed by atoms with E-state index in [2.05, 4.69) is 4.74 Å². The quantitative estimate of drug-likeness (QED) is 0.463. The predicted molar refractivity (Wildman–Crippen MR) is 68.3 cm³/mol. The van der Waals surface area contributed by atoms with E-state index in [1.54, 1.807) is 0 Å². The van der Waals surface area contributed by atoms with Gasteiger partial charge in [-0.1, -0.05) is 12.1 Å². The van der Waals surface area contributed by atoms with Gasteiger partial charge in [-0.05, 0) is 18.6 Å². The number of amides is 2. The van der Waals surface area contributed by atoms with E-state index in [9.17, 15) is 35.9 Å². The summed E-state index contributed by atoms with van der Waals surface area (Å²) in [6, 6.07) is 5.90. The van der Waals surface area contributed by atoms with Gasteiger partial charge in [0.15, 0.2) is 0 Å². The molecule has 10 heteroatoms. The number of hydrogen-bond donors (Lipinski definition) is 0. The third-order valence-electron chi connectivity index (χ3n) is 3.28. The van der Waals surface area contributed by atoms with E-state index in [0.717, 1.165) is 4.90 Å². The Labute approximate surface area is 132 Å². The van der Waals surface area contributed by atoms with E-state index in [-0.39, 0.29) is 24.1 Å². The highest BCUT2D eigenvalue weighted by Crippen LogP contribution is 2.35. The van der Waals surface area contributed by atoms with Gasteiger partial charge in [0.25, 0.3) is 11.8 Å². The van der Waals surface area contributed by atoms with Gasteiger partial charge < -0.3 is 4.74 Å². The van der Waals surface area contributed by atoms with E-state index in [4.69, 9.17) is 0 Å². The molecule has 2 rings (SSSR count). The van der Waals surface area contributed by atoms with Crippen molar-refractivity contribution < 1.29 is 40.7 Å². The molecule has 1 heterocycles. The smallest absolute Gasteiger partial charge is 0.361 e. The molecule has 0 N–H and O–H groups in total. The minimum Gasteiger partial charge on any atom is -0.361 e. The maximum absolute atomic E-state index is 12.3. The topological polar surface area (TPSA) is 46.6 Å². The summed E-state index contributed by atoms with van der Waals surface area (Å²) in [4.78, 5) is 24.7. The van der Waals surface area contributed by atoms with Gasteiger partial charge in [-0.3, -0.25) is 14.5 Å². The molecule has 0 saturated heterocycles. The van der Waals surface area contributed by atoms with Crippen molar-refractivity contribution in [2.45, 2.75) is 24.9 Å². The molecule has 1 aromatic rings. The fourth-order valence-electron chi connectivity index (χ4n) is 2.24.